The number of carbonyl (C=O) groups excluding carboxylic acids is 2. The van der Waals surface area contributed by atoms with Crippen LogP contribution < -0.4 is 0 Å². The lowest BCUT2D eigenvalue weighted by molar-refractivity contribution is -0.145. The maximum atomic E-state index is 12.0. The molecule has 0 radical (unpaired) electrons. The number of esters is 1. The van der Waals surface area contributed by atoms with E-state index >= 15 is 0 Å². The van der Waals surface area contributed by atoms with E-state index in [2.05, 4.69) is 12.1 Å². The second kappa shape index (κ2) is 7.25. The summed E-state index contributed by atoms with van der Waals surface area (Å²) in [4.78, 5) is 25.4. The molecule has 0 bridgehead atoms. The number of rotatable bonds is 6. The number of methoxy groups -OCH3 is 1. The SMILES string of the molecule is COC(=O)[C@@H](C)C[C@H]1CC(=O)N(CCc2ccccc2)C1. The molecule has 0 unspecified atom stereocenters. The molecule has 1 aromatic carbocycles. The van der Waals surface area contributed by atoms with Crippen molar-refractivity contribution in [1.29, 1.82) is 0 Å². The van der Waals surface area contributed by atoms with Gasteiger partial charge < -0.3 is 9.64 Å². The van der Waals surface area contributed by atoms with Crippen molar-refractivity contribution in [3.05, 3.63) is 35.9 Å². The zero-order valence-corrected chi connectivity index (χ0v) is 12.7. The zero-order chi connectivity index (χ0) is 15.2. The minimum Gasteiger partial charge on any atom is -0.469 e. The quantitative estimate of drug-likeness (QED) is 0.755. The van der Waals surface area contributed by atoms with Crippen molar-refractivity contribution in [2.24, 2.45) is 11.8 Å². The second-order valence-corrected chi connectivity index (χ2v) is 5.81. The second-order valence-electron chi connectivity index (χ2n) is 5.81. The Hall–Kier alpha value is -1.84. The van der Waals surface area contributed by atoms with Gasteiger partial charge in [0.1, 0.15) is 0 Å². The average molecular weight is 289 g/mol. The molecule has 1 saturated heterocycles. The van der Waals surface area contributed by atoms with E-state index in [1.807, 2.05) is 30.0 Å². The van der Waals surface area contributed by atoms with E-state index in [1.165, 1.54) is 12.7 Å². The lowest BCUT2D eigenvalue weighted by atomic mass is 9.95. The minimum absolute atomic E-state index is 0.137. The van der Waals surface area contributed by atoms with Gasteiger partial charge >= 0.3 is 5.97 Å². The first-order valence-corrected chi connectivity index (χ1v) is 7.49. The Morgan fingerprint density at radius 2 is 2.10 bits per heavy atom. The molecule has 0 aliphatic carbocycles. The summed E-state index contributed by atoms with van der Waals surface area (Å²) in [6.07, 6.45) is 2.15. The maximum absolute atomic E-state index is 12.0. The molecular weight excluding hydrogens is 266 g/mol. The summed E-state index contributed by atoms with van der Waals surface area (Å²) in [6.45, 7) is 3.38. The molecule has 114 valence electrons. The van der Waals surface area contributed by atoms with Crippen LogP contribution in [-0.4, -0.2) is 37.0 Å². The van der Waals surface area contributed by atoms with Crippen LogP contribution in [0.5, 0.6) is 0 Å². The number of ether oxygens (including phenoxy) is 1. The van der Waals surface area contributed by atoms with E-state index in [0.29, 0.717) is 6.42 Å². The summed E-state index contributed by atoms with van der Waals surface area (Å²) in [5, 5.41) is 0. The van der Waals surface area contributed by atoms with Crippen LogP contribution in [-0.2, 0) is 20.7 Å². The Kier molecular flexibility index (Phi) is 5.37. The number of benzene rings is 1. The Balaban J connectivity index is 1.81. The Labute approximate surface area is 126 Å². The number of nitrogens with zero attached hydrogens (tertiary/aromatic N) is 1. The predicted molar refractivity (Wildman–Crippen MR) is 80.6 cm³/mol. The molecule has 0 spiro atoms. The molecule has 0 aromatic heterocycles. The van der Waals surface area contributed by atoms with Crippen LogP contribution in [0, 0.1) is 11.8 Å². The van der Waals surface area contributed by atoms with Crippen LogP contribution in [0.3, 0.4) is 0 Å². The topological polar surface area (TPSA) is 46.6 Å². The molecule has 21 heavy (non-hydrogen) atoms. The van der Waals surface area contributed by atoms with Crippen LogP contribution in [0.15, 0.2) is 30.3 Å². The standard InChI is InChI=1S/C17H23NO3/c1-13(17(20)21-2)10-15-11-16(19)18(12-15)9-8-14-6-4-3-5-7-14/h3-7,13,15H,8-12H2,1-2H3/t13-,15-/m0/s1. The molecular formula is C17H23NO3. The monoisotopic (exact) mass is 289 g/mol. The van der Waals surface area contributed by atoms with Crippen LogP contribution >= 0.6 is 0 Å². The highest BCUT2D eigenvalue weighted by atomic mass is 16.5. The van der Waals surface area contributed by atoms with Gasteiger partial charge in [-0.2, -0.15) is 0 Å². The summed E-state index contributed by atoms with van der Waals surface area (Å²) in [5.74, 6) is 0.141. The van der Waals surface area contributed by atoms with E-state index in [4.69, 9.17) is 4.74 Å². The molecule has 4 nitrogen and oxygen atoms in total. The van der Waals surface area contributed by atoms with Crippen molar-refractivity contribution >= 4 is 11.9 Å². The van der Waals surface area contributed by atoms with Crippen molar-refractivity contribution in [3.8, 4) is 0 Å². The molecule has 0 N–H and O–H groups in total. The number of carbonyl (C=O) groups is 2. The predicted octanol–water partition coefficient (Wildman–Crippen LogP) is 2.28. The first kappa shape index (κ1) is 15.5. The first-order chi connectivity index (χ1) is 10.1. The number of likely N-dealkylation sites (tertiary alicyclic amines) is 1. The molecule has 0 saturated carbocycles. The third-order valence-corrected chi connectivity index (χ3v) is 4.10. The lowest BCUT2D eigenvalue weighted by Gasteiger charge is -2.17. The van der Waals surface area contributed by atoms with Crippen molar-refractivity contribution in [2.75, 3.05) is 20.2 Å². The highest BCUT2D eigenvalue weighted by Crippen LogP contribution is 2.25. The fraction of sp³-hybridized carbons (Fsp3) is 0.529. The Morgan fingerprint density at radius 1 is 1.38 bits per heavy atom. The molecule has 2 rings (SSSR count). The third kappa shape index (κ3) is 4.31. The average Bonchev–Trinajstić information content (AvgIpc) is 2.85. The number of hydrogen-bond donors (Lipinski definition) is 0. The van der Waals surface area contributed by atoms with Crippen molar-refractivity contribution in [1.82, 2.24) is 4.90 Å². The van der Waals surface area contributed by atoms with Gasteiger partial charge in [-0.15, -0.1) is 0 Å². The van der Waals surface area contributed by atoms with Crippen LogP contribution in [0.2, 0.25) is 0 Å². The normalized spacial score (nSPS) is 19.6. The molecule has 2 atom stereocenters. The molecule has 1 aromatic rings. The lowest BCUT2D eigenvalue weighted by Crippen LogP contribution is -2.28. The highest BCUT2D eigenvalue weighted by Gasteiger charge is 2.31. The maximum Gasteiger partial charge on any atom is 0.308 e. The van der Waals surface area contributed by atoms with E-state index in [-0.39, 0.29) is 23.7 Å². The highest BCUT2D eigenvalue weighted by molar-refractivity contribution is 5.79. The molecule has 1 heterocycles. The number of hydrogen-bond acceptors (Lipinski definition) is 3. The van der Waals surface area contributed by atoms with Crippen LogP contribution in [0.1, 0.15) is 25.3 Å². The first-order valence-electron chi connectivity index (χ1n) is 7.49. The van der Waals surface area contributed by atoms with Gasteiger partial charge in [-0.05, 0) is 24.3 Å². The Morgan fingerprint density at radius 3 is 2.76 bits per heavy atom. The fourth-order valence-electron chi connectivity index (χ4n) is 2.93. The molecule has 1 aliphatic heterocycles. The smallest absolute Gasteiger partial charge is 0.308 e. The van der Waals surface area contributed by atoms with Gasteiger partial charge in [-0.25, -0.2) is 0 Å². The van der Waals surface area contributed by atoms with Gasteiger partial charge in [0.25, 0.3) is 0 Å². The van der Waals surface area contributed by atoms with E-state index < -0.39 is 0 Å². The summed E-state index contributed by atoms with van der Waals surface area (Å²) in [5.41, 5.74) is 1.25. The van der Waals surface area contributed by atoms with E-state index in [1.54, 1.807) is 0 Å². The van der Waals surface area contributed by atoms with Crippen molar-refractivity contribution in [2.45, 2.75) is 26.2 Å². The summed E-state index contributed by atoms with van der Waals surface area (Å²) < 4.78 is 4.74. The third-order valence-electron chi connectivity index (χ3n) is 4.10. The van der Waals surface area contributed by atoms with Gasteiger partial charge in [0.05, 0.1) is 13.0 Å². The van der Waals surface area contributed by atoms with E-state index in [0.717, 1.165) is 25.9 Å². The van der Waals surface area contributed by atoms with Crippen molar-refractivity contribution in [3.63, 3.8) is 0 Å². The molecule has 1 aliphatic rings. The van der Waals surface area contributed by atoms with Crippen molar-refractivity contribution < 1.29 is 14.3 Å². The Bertz CT molecular complexity index is 486. The minimum atomic E-state index is -0.190. The number of amides is 1. The van der Waals surface area contributed by atoms with Crippen LogP contribution in [0.25, 0.3) is 0 Å². The fourth-order valence-corrected chi connectivity index (χ4v) is 2.93. The zero-order valence-electron chi connectivity index (χ0n) is 12.7. The van der Waals surface area contributed by atoms with Gasteiger partial charge in [0, 0.05) is 19.5 Å². The molecule has 1 amide bonds. The molecule has 4 heteroatoms. The van der Waals surface area contributed by atoms with Gasteiger partial charge in [-0.1, -0.05) is 37.3 Å². The molecule has 1 fully saturated rings. The van der Waals surface area contributed by atoms with Gasteiger partial charge in [0.15, 0.2) is 0 Å². The van der Waals surface area contributed by atoms with E-state index in [9.17, 15) is 9.59 Å². The van der Waals surface area contributed by atoms with Gasteiger partial charge in [0.2, 0.25) is 5.91 Å². The van der Waals surface area contributed by atoms with Crippen LogP contribution in [0.4, 0.5) is 0 Å². The summed E-state index contributed by atoms with van der Waals surface area (Å²) >= 11 is 0. The largest absolute Gasteiger partial charge is 0.469 e. The summed E-state index contributed by atoms with van der Waals surface area (Å²) in [6, 6.07) is 10.2. The summed E-state index contributed by atoms with van der Waals surface area (Å²) in [7, 11) is 1.41. The van der Waals surface area contributed by atoms with Gasteiger partial charge in [-0.3, -0.25) is 9.59 Å².